The number of ether oxygens (including phenoxy) is 1. The minimum absolute atomic E-state index is 0.0310. The average Bonchev–Trinajstić information content (AvgIpc) is 2.56. The van der Waals surface area contributed by atoms with Crippen LogP contribution in [0.25, 0.3) is 0 Å². The van der Waals surface area contributed by atoms with E-state index >= 15 is 0 Å². The number of hydrogen-bond donors (Lipinski definition) is 1. The van der Waals surface area contributed by atoms with Crippen LogP contribution in [0.3, 0.4) is 0 Å². The van der Waals surface area contributed by atoms with Crippen molar-refractivity contribution in [1.29, 1.82) is 0 Å². The molecule has 0 amide bonds. The molecule has 0 aromatic heterocycles. The molecule has 0 aliphatic carbocycles. The summed E-state index contributed by atoms with van der Waals surface area (Å²) in [6.07, 6.45) is 15.2. The highest BCUT2D eigenvalue weighted by atomic mass is 16.5. The largest absolute Gasteiger partial charge is 0.469 e. The molecule has 0 saturated heterocycles. The molecule has 2 unspecified atom stereocenters. The number of rotatable bonds is 16. The van der Waals surface area contributed by atoms with Crippen molar-refractivity contribution in [3.8, 4) is 0 Å². The van der Waals surface area contributed by atoms with Gasteiger partial charge in [-0.05, 0) is 25.7 Å². The molecule has 0 bridgehead atoms. The predicted octanol–water partition coefficient (Wildman–Crippen LogP) is 5.64. The number of unbranched alkanes of at least 4 members (excludes halogenated alkanes) is 8. The monoisotopic (exact) mass is 328 g/mol. The van der Waals surface area contributed by atoms with E-state index in [9.17, 15) is 9.90 Å². The van der Waals surface area contributed by atoms with Crippen molar-refractivity contribution in [1.82, 2.24) is 0 Å². The highest BCUT2D eigenvalue weighted by Crippen LogP contribution is 2.20. The molecule has 3 heteroatoms. The van der Waals surface area contributed by atoms with Crippen molar-refractivity contribution in [3.63, 3.8) is 0 Å². The first-order valence-electron chi connectivity index (χ1n) is 9.91. The second-order valence-electron chi connectivity index (χ2n) is 6.86. The number of hydrogen-bond acceptors (Lipinski definition) is 3. The molecule has 138 valence electrons. The lowest BCUT2D eigenvalue weighted by Gasteiger charge is -2.17. The Labute approximate surface area is 144 Å². The van der Waals surface area contributed by atoms with E-state index < -0.39 is 0 Å². The molecular formula is C20H40O3. The Morgan fingerprint density at radius 2 is 1.30 bits per heavy atom. The van der Waals surface area contributed by atoms with Crippen LogP contribution in [-0.4, -0.2) is 24.3 Å². The quantitative estimate of drug-likeness (QED) is 0.295. The lowest BCUT2D eigenvalue weighted by atomic mass is 9.93. The van der Waals surface area contributed by atoms with Crippen molar-refractivity contribution in [2.45, 2.75) is 110 Å². The lowest BCUT2D eigenvalue weighted by Crippen LogP contribution is -2.19. The zero-order valence-corrected chi connectivity index (χ0v) is 15.8. The highest BCUT2D eigenvalue weighted by Gasteiger charge is 2.20. The van der Waals surface area contributed by atoms with Gasteiger partial charge in [-0.2, -0.15) is 0 Å². The van der Waals surface area contributed by atoms with Crippen molar-refractivity contribution in [2.75, 3.05) is 7.11 Å². The number of aliphatic hydroxyl groups excluding tert-OH is 1. The van der Waals surface area contributed by atoms with Gasteiger partial charge in [0.05, 0.1) is 19.1 Å². The average molecular weight is 329 g/mol. The standard InChI is InChI=1S/C20H40O3/c1-4-6-8-10-11-12-14-18(20(22)23-3)16-17-19(21)15-13-9-7-5-2/h18-19,21H,4-17H2,1-3H3. The van der Waals surface area contributed by atoms with Crippen LogP contribution in [0.5, 0.6) is 0 Å². The fourth-order valence-electron chi connectivity index (χ4n) is 3.06. The Morgan fingerprint density at radius 3 is 1.91 bits per heavy atom. The van der Waals surface area contributed by atoms with Gasteiger partial charge in [0.1, 0.15) is 0 Å². The van der Waals surface area contributed by atoms with E-state index in [2.05, 4.69) is 13.8 Å². The van der Waals surface area contributed by atoms with Gasteiger partial charge in [-0.3, -0.25) is 4.79 Å². The normalized spacial score (nSPS) is 13.7. The zero-order valence-electron chi connectivity index (χ0n) is 15.8. The van der Waals surface area contributed by atoms with Gasteiger partial charge in [0, 0.05) is 0 Å². The third-order valence-corrected chi connectivity index (χ3v) is 4.68. The van der Waals surface area contributed by atoms with Gasteiger partial charge in [0.2, 0.25) is 0 Å². The summed E-state index contributed by atoms with van der Waals surface area (Å²) in [4.78, 5) is 11.9. The Hall–Kier alpha value is -0.570. The van der Waals surface area contributed by atoms with Gasteiger partial charge in [-0.15, -0.1) is 0 Å². The molecule has 0 saturated carbocycles. The van der Waals surface area contributed by atoms with Crippen molar-refractivity contribution in [2.24, 2.45) is 5.92 Å². The van der Waals surface area contributed by atoms with Gasteiger partial charge in [0.25, 0.3) is 0 Å². The van der Waals surface area contributed by atoms with Gasteiger partial charge in [-0.1, -0.05) is 78.1 Å². The van der Waals surface area contributed by atoms with E-state index in [1.54, 1.807) is 0 Å². The smallest absolute Gasteiger partial charge is 0.308 e. The number of methoxy groups -OCH3 is 1. The molecule has 0 aromatic rings. The summed E-state index contributed by atoms with van der Waals surface area (Å²) in [7, 11) is 1.47. The van der Waals surface area contributed by atoms with E-state index in [1.165, 1.54) is 58.5 Å². The van der Waals surface area contributed by atoms with Gasteiger partial charge in [-0.25, -0.2) is 0 Å². The molecule has 23 heavy (non-hydrogen) atoms. The predicted molar refractivity (Wildman–Crippen MR) is 97.5 cm³/mol. The van der Waals surface area contributed by atoms with E-state index in [-0.39, 0.29) is 18.0 Å². The summed E-state index contributed by atoms with van der Waals surface area (Å²) in [5.74, 6) is -0.131. The molecule has 3 nitrogen and oxygen atoms in total. The maximum Gasteiger partial charge on any atom is 0.308 e. The molecule has 0 radical (unpaired) electrons. The third-order valence-electron chi connectivity index (χ3n) is 4.68. The third kappa shape index (κ3) is 13.6. The fraction of sp³-hybridized carbons (Fsp3) is 0.950. The van der Waals surface area contributed by atoms with Crippen molar-refractivity contribution in [3.05, 3.63) is 0 Å². The summed E-state index contributed by atoms with van der Waals surface area (Å²) >= 11 is 0. The number of carbonyl (C=O) groups excluding carboxylic acids is 1. The van der Waals surface area contributed by atoms with Crippen LogP contribution in [0.4, 0.5) is 0 Å². The maximum absolute atomic E-state index is 11.9. The topological polar surface area (TPSA) is 46.5 Å². The summed E-state index contributed by atoms with van der Waals surface area (Å²) in [6, 6.07) is 0. The number of aliphatic hydroxyl groups is 1. The summed E-state index contributed by atoms with van der Waals surface area (Å²) in [6.45, 7) is 4.42. The van der Waals surface area contributed by atoms with Crippen LogP contribution in [0.15, 0.2) is 0 Å². The van der Waals surface area contributed by atoms with Crippen LogP contribution in [-0.2, 0) is 9.53 Å². The second kappa shape index (κ2) is 16.3. The zero-order chi connectivity index (χ0) is 17.3. The molecule has 0 spiro atoms. The highest BCUT2D eigenvalue weighted by molar-refractivity contribution is 5.72. The van der Waals surface area contributed by atoms with Gasteiger partial charge >= 0.3 is 5.97 Å². The summed E-state index contributed by atoms with van der Waals surface area (Å²) in [5, 5.41) is 10.1. The van der Waals surface area contributed by atoms with E-state index in [1.807, 2.05) is 0 Å². The van der Waals surface area contributed by atoms with Crippen LogP contribution < -0.4 is 0 Å². The number of carbonyl (C=O) groups is 1. The number of esters is 1. The van der Waals surface area contributed by atoms with E-state index in [0.717, 1.165) is 38.5 Å². The molecule has 1 N–H and O–H groups in total. The van der Waals surface area contributed by atoms with Crippen LogP contribution in [0.2, 0.25) is 0 Å². The molecule has 0 fully saturated rings. The molecular weight excluding hydrogens is 288 g/mol. The second-order valence-corrected chi connectivity index (χ2v) is 6.86. The summed E-state index contributed by atoms with van der Waals surface area (Å²) < 4.78 is 4.93. The molecule has 0 aliphatic rings. The Morgan fingerprint density at radius 1 is 0.783 bits per heavy atom. The Bertz CT molecular complexity index is 266. The molecule has 2 atom stereocenters. The maximum atomic E-state index is 11.9. The molecule has 0 aromatic carbocycles. The van der Waals surface area contributed by atoms with Gasteiger partial charge in [0.15, 0.2) is 0 Å². The minimum Gasteiger partial charge on any atom is -0.469 e. The molecule has 0 rings (SSSR count). The van der Waals surface area contributed by atoms with Crippen molar-refractivity contribution >= 4 is 5.97 Å². The molecule has 0 aliphatic heterocycles. The summed E-state index contributed by atoms with van der Waals surface area (Å²) in [5.41, 5.74) is 0. The Balaban J connectivity index is 3.88. The lowest BCUT2D eigenvalue weighted by molar-refractivity contribution is -0.146. The first-order chi connectivity index (χ1) is 11.2. The SMILES string of the molecule is CCCCCCCCC(CCC(O)CCCCCC)C(=O)OC. The van der Waals surface area contributed by atoms with E-state index in [0.29, 0.717) is 0 Å². The van der Waals surface area contributed by atoms with Crippen LogP contribution in [0.1, 0.15) is 104 Å². The molecule has 0 heterocycles. The van der Waals surface area contributed by atoms with Crippen molar-refractivity contribution < 1.29 is 14.6 Å². The fourth-order valence-corrected chi connectivity index (χ4v) is 3.06. The first kappa shape index (κ1) is 22.4. The van der Waals surface area contributed by atoms with E-state index in [4.69, 9.17) is 4.74 Å². The van der Waals surface area contributed by atoms with Gasteiger partial charge < -0.3 is 9.84 Å². The van der Waals surface area contributed by atoms with Crippen LogP contribution in [0, 0.1) is 5.92 Å². The minimum atomic E-state index is -0.261. The van der Waals surface area contributed by atoms with Crippen LogP contribution >= 0.6 is 0 Å². The first-order valence-corrected chi connectivity index (χ1v) is 9.91. The Kier molecular flexibility index (Phi) is 15.9.